The van der Waals surface area contributed by atoms with Gasteiger partial charge in [-0.25, -0.2) is 5.43 Å². The summed E-state index contributed by atoms with van der Waals surface area (Å²) in [5.41, 5.74) is 2.71. The molecule has 2 aromatic rings. The molecule has 24 heavy (non-hydrogen) atoms. The van der Waals surface area contributed by atoms with Gasteiger partial charge in [-0.3, -0.25) is 14.9 Å². The second kappa shape index (κ2) is 8.06. The summed E-state index contributed by atoms with van der Waals surface area (Å²) < 4.78 is 0.408. The van der Waals surface area contributed by atoms with Gasteiger partial charge in [0.25, 0.3) is 5.91 Å². The van der Waals surface area contributed by atoms with Crippen LogP contribution < -0.4 is 10.7 Å². The van der Waals surface area contributed by atoms with Gasteiger partial charge in [-0.1, -0.05) is 34.1 Å². The van der Waals surface area contributed by atoms with Crippen molar-refractivity contribution in [2.24, 2.45) is 5.10 Å². The Hall–Kier alpha value is -2.94. The van der Waals surface area contributed by atoms with Gasteiger partial charge >= 0.3 is 5.69 Å². The van der Waals surface area contributed by atoms with E-state index in [4.69, 9.17) is 0 Å². The number of phenols is 1. The molecule has 0 unspecified atom stereocenters. The molecule has 0 bridgehead atoms. The van der Waals surface area contributed by atoms with Crippen molar-refractivity contribution in [3.8, 4) is 5.75 Å². The first-order valence-electron chi connectivity index (χ1n) is 6.75. The predicted octanol–water partition coefficient (Wildman–Crippen LogP) is 2.63. The maximum absolute atomic E-state index is 11.7. The topological polar surface area (TPSA) is 117 Å². The maximum Gasteiger partial charge on any atom is 0.312 e. The number of rotatable bonds is 6. The number of hydrogen-bond donors (Lipinski definition) is 3. The van der Waals surface area contributed by atoms with Crippen LogP contribution in [-0.2, 0) is 4.79 Å². The highest BCUT2D eigenvalue weighted by molar-refractivity contribution is 9.10. The molecule has 1 amide bonds. The Bertz CT molecular complexity index is 781. The Morgan fingerprint density at radius 1 is 1.33 bits per heavy atom. The summed E-state index contributed by atoms with van der Waals surface area (Å²) in [5, 5.41) is 27.2. The zero-order valence-electron chi connectivity index (χ0n) is 12.3. The summed E-state index contributed by atoms with van der Waals surface area (Å²) in [6, 6.07) is 11.8. The molecule has 124 valence electrons. The van der Waals surface area contributed by atoms with E-state index in [1.54, 1.807) is 0 Å². The molecule has 3 N–H and O–H groups in total. The van der Waals surface area contributed by atoms with Crippen LogP contribution in [-0.4, -0.2) is 28.7 Å². The van der Waals surface area contributed by atoms with Crippen LogP contribution in [0.5, 0.6) is 5.75 Å². The van der Waals surface area contributed by atoms with Crippen molar-refractivity contribution >= 4 is 39.4 Å². The quantitative estimate of drug-likeness (QED) is 0.396. The number of para-hydroxylation sites is 1. The van der Waals surface area contributed by atoms with Crippen molar-refractivity contribution in [1.29, 1.82) is 0 Å². The SMILES string of the molecule is O=C(CNc1ccccc1)N/N=C\c1cc(Br)cc([N+](=O)[O-])c1O. The van der Waals surface area contributed by atoms with Gasteiger partial charge in [0.15, 0.2) is 0 Å². The van der Waals surface area contributed by atoms with Crippen LogP contribution in [0.1, 0.15) is 5.56 Å². The van der Waals surface area contributed by atoms with E-state index in [2.05, 4.69) is 31.8 Å². The summed E-state index contributed by atoms with van der Waals surface area (Å²) in [6.07, 6.45) is 1.13. The summed E-state index contributed by atoms with van der Waals surface area (Å²) in [6.45, 7) is 0.00592. The number of hydrazone groups is 1. The number of halogens is 1. The number of nitrogens with zero attached hydrogens (tertiary/aromatic N) is 2. The molecule has 0 aliphatic carbocycles. The summed E-state index contributed by atoms with van der Waals surface area (Å²) in [5.74, 6) is -0.928. The van der Waals surface area contributed by atoms with Crippen LogP contribution in [0.2, 0.25) is 0 Å². The second-order valence-corrected chi connectivity index (χ2v) is 5.55. The molecule has 0 heterocycles. The normalized spacial score (nSPS) is 10.5. The molecule has 0 atom stereocenters. The molecule has 0 saturated carbocycles. The molecular formula is C15H13BrN4O4. The van der Waals surface area contributed by atoms with Crippen molar-refractivity contribution in [1.82, 2.24) is 5.43 Å². The van der Waals surface area contributed by atoms with Crippen LogP contribution >= 0.6 is 15.9 Å². The first kappa shape index (κ1) is 17.4. The number of benzene rings is 2. The second-order valence-electron chi connectivity index (χ2n) is 4.63. The minimum Gasteiger partial charge on any atom is -0.502 e. The van der Waals surface area contributed by atoms with E-state index >= 15 is 0 Å². The highest BCUT2D eigenvalue weighted by atomic mass is 79.9. The lowest BCUT2D eigenvalue weighted by atomic mass is 10.2. The number of nitro groups is 1. The number of anilines is 1. The largest absolute Gasteiger partial charge is 0.502 e. The third-order valence-corrected chi connectivity index (χ3v) is 3.36. The number of aromatic hydroxyl groups is 1. The van der Waals surface area contributed by atoms with Gasteiger partial charge < -0.3 is 10.4 Å². The molecule has 0 saturated heterocycles. The lowest BCUT2D eigenvalue weighted by Gasteiger charge is -2.05. The molecule has 2 rings (SSSR count). The Morgan fingerprint density at radius 2 is 2.04 bits per heavy atom. The van der Waals surface area contributed by atoms with E-state index < -0.39 is 22.3 Å². The summed E-state index contributed by atoms with van der Waals surface area (Å²) >= 11 is 3.11. The molecule has 0 fully saturated rings. The smallest absolute Gasteiger partial charge is 0.312 e. The first-order valence-corrected chi connectivity index (χ1v) is 7.54. The summed E-state index contributed by atoms with van der Waals surface area (Å²) in [4.78, 5) is 21.8. The van der Waals surface area contributed by atoms with Gasteiger partial charge in [-0.05, 0) is 18.2 Å². The van der Waals surface area contributed by atoms with Crippen LogP contribution in [0, 0.1) is 10.1 Å². The fraction of sp³-hybridized carbons (Fsp3) is 0.0667. The minimum atomic E-state index is -0.709. The van der Waals surface area contributed by atoms with Gasteiger partial charge in [-0.2, -0.15) is 5.10 Å². The average Bonchev–Trinajstić information content (AvgIpc) is 2.56. The van der Waals surface area contributed by atoms with Crippen molar-refractivity contribution < 1.29 is 14.8 Å². The van der Waals surface area contributed by atoms with Crippen molar-refractivity contribution in [2.45, 2.75) is 0 Å². The molecule has 0 aliphatic rings. The van der Waals surface area contributed by atoms with Crippen LogP contribution in [0.15, 0.2) is 52.0 Å². The van der Waals surface area contributed by atoms with E-state index in [9.17, 15) is 20.0 Å². The molecule has 0 radical (unpaired) electrons. The monoisotopic (exact) mass is 392 g/mol. The Kier molecular flexibility index (Phi) is 5.85. The van der Waals surface area contributed by atoms with E-state index in [-0.39, 0.29) is 12.1 Å². The van der Waals surface area contributed by atoms with Crippen LogP contribution in [0.4, 0.5) is 11.4 Å². The number of nitrogens with one attached hydrogen (secondary N) is 2. The fourth-order valence-electron chi connectivity index (χ4n) is 1.79. The minimum absolute atomic E-state index is 0.00592. The summed E-state index contributed by atoms with van der Waals surface area (Å²) in [7, 11) is 0. The standard InChI is InChI=1S/C15H13BrN4O4/c16-11-6-10(15(22)13(7-11)20(23)24)8-18-19-14(21)9-17-12-4-2-1-3-5-12/h1-8,17,22H,9H2,(H,19,21)/b18-8-. The van der Waals surface area contributed by atoms with E-state index in [0.29, 0.717) is 4.47 Å². The maximum atomic E-state index is 11.7. The molecule has 0 aliphatic heterocycles. The molecule has 8 nitrogen and oxygen atoms in total. The van der Waals surface area contributed by atoms with Crippen LogP contribution in [0.25, 0.3) is 0 Å². The van der Waals surface area contributed by atoms with Gasteiger partial charge in [-0.15, -0.1) is 0 Å². The van der Waals surface area contributed by atoms with Gasteiger partial charge in [0.1, 0.15) is 0 Å². The average molecular weight is 393 g/mol. The fourth-order valence-corrected chi connectivity index (χ4v) is 2.26. The first-order chi connectivity index (χ1) is 11.5. The third kappa shape index (κ3) is 4.78. The molecular weight excluding hydrogens is 380 g/mol. The van der Waals surface area contributed by atoms with E-state index in [1.807, 2.05) is 30.3 Å². The predicted molar refractivity (Wildman–Crippen MR) is 93.1 cm³/mol. The number of nitro benzene ring substituents is 1. The van der Waals surface area contributed by atoms with Crippen LogP contribution in [0.3, 0.4) is 0 Å². The Morgan fingerprint density at radius 3 is 2.71 bits per heavy atom. The van der Waals surface area contributed by atoms with Crippen molar-refractivity contribution in [3.63, 3.8) is 0 Å². The van der Waals surface area contributed by atoms with E-state index in [0.717, 1.165) is 11.9 Å². The number of carbonyl (C=O) groups is 1. The number of amides is 1. The van der Waals surface area contributed by atoms with Crippen molar-refractivity contribution in [2.75, 3.05) is 11.9 Å². The van der Waals surface area contributed by atoms with Gasteiger partial charge in [0, 0.05) is 21.8 Å². The lowest BCUT2D eigenvalue weighted by Crippen LogP contribution is -2.25. The molecule has 2 aromatic carbocycles. The highest BCUT2D eigenvalue weighted by Crippen LogP contribution is 2.32. The van der Waals surface area contributed by atoms with Gasteiger partial charge in [0.2, 0.25) is 5.75 Å². The number of phenolic OH excluding ortho intramolecular Hbond substituents is 1. The molecule has 9 heteroatoms. The highest BCUT2D eigenvalue weighted by Gasteiger charge is 2.17. The third-order valence-electron chi connectivity index (χ3n) is 2.90. The lowest BCUT2D eigenvalue weighted by molar-refractivity contribution is -0.385. The number of hydrogen-bond acceptors (Lipinski definition) is 6. The van der Waals surface area contributed by atoms with Gasteiger partial charge in [0.05, 0.1) is 17.7 Å². The van der Waals surface area contributed by atoms with E-state index in [1.165, 1.54) is 12.1 Å². The zero-order chi connectivity index (χ0) is 17.5. The zero-order valence-corrected chi connectivity index (χ0v) is 13.9. The molecule has 0 aromatic heterocycles. The Labute approximate surface area is 145 Å². The van der Waals surface area contributed by atoms with Crippen molar-refractivity contribution in [3.05, 3.63) is 62.6 Å². The number of carbonyl (C=O) groups excluding carboxylic acids is 1. The molecule has 0 spiro atoms. The Balaban J connectivity index is 1.96.